The molecule has 0 N–H and O–H groups in total. The predicted molar refractivity (Wildman–Crippen MR) is 117 cm³/mol. The number of hydrogen-bond acceptors (Lipinski definition) is 5. The van der Waals surface area contributed by atoms with Crippen LogP contribution in [0.2, 0.25) is 0 Å². The molecule has 0 radical (unpaired) electrons. The Morgan fingerprint density at radius 1 is 1.11 bits per heavy atom. The highest BCUT2D eigenvalue weighted by molar-refractivity contribution is 14.1. The Bertz CT molecular complexity index is 998. The van der Waals surface area contributed by atoms with Crippen LogP contribution < -0.4 is 4.90 Å². The first-order valence-corrected chi connectivity index (χ1v) is 10.1. The fourth-order valence-corrected chi connectivity index (χ4v) is 3.68. The minimum Gasteiger partial charge on any atom is -0.466 e. The molecule has 142 valence electrons. The lowest BCUT2D eigenvalue weighted by molar-refractivity contribution is -0.135. The summed E-state index contributed by atoms with van der Waals surface area (Å²) in [7, 11) is 1.23. The van der Waals surface area contributed by atoms with E-state index in [1.807, 2.05) is 31.2 Å². The first-order valence-electron chi connectivity index (χ1n) is 8.16. The van der Waals surface area contributed by atoms with E-state index in [9.17, 15) is 14.4 Å². The van der Waals surface area contributed by atoms with E-state index in [1.54, 1.807) is 24.3 Å². The van der Waals surface area contributed by atoms with Gasteiger partial charge >= 0.3 is 5.97 Å². The van der Waals surface area contributed by atoms with Crippen molar-refractivity contribution >= 4 is 63.0 Å². The summed E-state index contributed by atoms with van der Waals surface area (Å²) in [5.41, 5.74) is 2.00. The van der Waals surface area contributed by atoms with E-state index in [0.717, 1.165) is 27.0 Å². The zero-order valence-corrected chi connectivity index (χ0v) is 18.0. The van der Waals surface area contributed by atoms with Crippen LogP contribution in [0, 0.1) is 10.5 Å². The standard InChI is InChI=1S/C20H15IN2O4S/c1-12-3-5-13(6-4-12)18(25)22-20-23(15-9-7-14(21)8-10-15)19(26)16(28-20)11-17(24)27-2/h3-11H,1-2H3/b16-11-,22-20?. The highest BCUT2D eigenvalue weighted by Gasteiger charge is 2.36. The number of carbonyl (C=O) groups is 3. The van der Waals surface area contributed by atoms with Crippen molar-refractivity contribution in [1.82, 2.24) is 0 Å². The maximum absolute atomic E-state index is 12.9. The third-order valence-corrected chi connectivity index (χ3v) is 5.53. The number of methoxy groups -OCH3 is 1. The largest absolute Gasteiger partial charge is 0.466 e. The molecule has 2 amide bonds. The molecule has 0 aliphatic carbocycles. The summed E-state index contributed by atoms with van der Waals surface area (Å²) in [5.74, 6) is -1.55. The van der Waals surface area contributed by atoms with Crippen LogP contribution in [0.5, 0.6) is 0 Å². The SMILES string of the molecule is COC(=O)/C=C1\SC(=NC(=O)c2ccc(C)cc2)N(c2ccc(I)cc2)C1=O. The zero-order chi connectivity index (χ0) is 20.3. The van der Waals surface area contributed by atoms with Gasteiger partial charge in [0.15, 0.2) is 5.17 Å². The lowest BCUT2D eigenvalue weighted by atomic mass is 10.1. The first kappa shape index (κ1) is 20.3. The number of nitrogens with zero attached hydrogens (tertiary/aromatic N) is 2. The van der Waals surface area contributed by atoms with Crippen molar-refractivity contribution in [2.45, 2.75) is 6.92 Å². The Balaban J connectivity index is 2.01. The number of ether oxygens (including phenoxy) is 1. The van der Waals surface area contributed by atoms with Crippen molar-refractivity contribution in [2.24, 2.45) is 4.99 Å². The molecule has 0 atom stereocenters. The van der Waals surface area contributed by atoms with Gasteiger partial charge in [0, 0.05) is 15.2 Å². The number of halogens is 1. The van der Waals surface area contributed by atoms with Crippen LogP contribution in [0.15, 0.2) is 64.5 Å². The molecular formula is C20H15IN2O4S. The van der Waals surface area contributed by atoms with Crippen molar-refractivity contribution in [3.05, 3.63) is 74.2 Å². The Morgan fingerprint density at radius 3 is 2.36 bits per heavy atom. The van der Waals surface area contributed by atoms with Gasteiger partial charge in [0.05, 0.1) is 17.7 Å². The first-order chi connectivity index (χ1) is 13.4. The van der Waals surface area contributed by atoms with E-state index in [-0.39, 0.29) is 10.1 Å². The molecule has 0 unspecified atom stereocenters. The van der Waals surface area contributed by atoms with Crippen LogP contribution in [0.25, 0.3) is 0 Å². The molecule has 0 spiro atoms. The number of aliphatic imine (C=N–C) groups is 1. The third kappa shape index (κ3) is 4.50. The number of thioether (sulfide) groups is 1. The van der Waals surface area contributed by atoms with Gasteiger partial charge in [-0.05, 0) is 77.7 Å². The van der Waals surface area contributed by atoms with E-state index in [4.69, 9.17) is 0 Å². The second-order valence-electron chi connectivity index (χ2n) is 5.82. The number of amides is 2. The van der Waals surface area contributed by atoms with E-state index in [2.05, 4.69) is 32.3 Å². The second-order valence-corrected chi connectivity index (χ2v) is 8.07. The molecule has 0 saturated carbocycles. The smallest absolute Gasteiger partial charge is 0.331 e. The fourth-order valence-electron chi connectivity index (χ4n) is 2.38. The van der Waals surface area contributed by atoms with Gasteiger partial charge in [0.25, 0.3) is 11.8 Å². The molecule has 1 fully saturated rings. The molecule has 1 aliphatic rings. The maximum Gasteiger partial charge on any atom is 0.331 e. The molecule has 6 nitrogen and oxygen atoms in total. The van der Waals surface area contributed by atoms with Crippen LogP contribution >= 0.6 is 34.4 Å². The maximum atomic E-state index is 12.9. The van der Waals surface area contributed by atoms with Crippen LogP contribution in [0.3, 0.4) is 0 Å². The molecular weight excluding hydrogens is 491 g/mol. The highest BCUT2D eigenvalue weighted by Crippen LogP contribution is 2.35. The molecule has 8 heteroatoms. The third-order valence-electron chi connectivity index (χ3n) is 3.84. The van der Waals surface area contributed by atoms with Crippen LogP contribution in [-0.4, -0.2) is 30.1 Å². The summed E-state index contributed by atoms with van der Waals surface area (Å²) in [6.45, 7) is 1.92. The molecule has 2 aromatic rings. The Hall–Kier alpha value is -2.46. The predicted octanol–water partition coefficient (Wildman–Crippen LogP) is 3.93. The van der Waals surface area contributed by atoms with Crippen molar-refractivity contribution in [3.63, 3.8) is 0 Å². The average Bonchev–Trinajstić information content (AvgIpc) is 2.97. The van der Waals surface area contributed by atoms with Gasteiger partial charge in [-0.15, -0.1) is 0 Å². The molecule has 0 bridgehead atoms. The summed E-state index contributed by atoms with van der Waals surface area (Å²) in [4.78, 5) is 42.6. The Morgan fingerprint density at radius 2 is 1.75 bits per heavy atom. The number of benzene rings is 2. The molecule has 0 aromatic heterocycles. The highest BCUT2D eigenvalue weighted by atomic mass is 127. The molecule has 2 aromatic carbocycles. The number of hydrogen-bond donors (Lipinski definition) is 0. The minimum atomic E-state index is -0.649. The monoisotopic (exact) mass is 506 g/mol. The molecule has 1 aliphatic heterocycles. The second kappa shape index (κ2) is 8.70. The van der Waals surface area contributed by atoms with Crippen molar-refractivity contribution in [2.75, 3.05) is 12.0 Å². The van der Waals surface area contributed by atoms with Gasteiger partial charge < -0.3 is 4.74 Å². The molecule has 3 rings (SSSR count). The minimum absolute atomic E-state index is 0.140. The van der Waals surface area contributed by atoms with E-state index >= 15 is 0 Å². The van der Waals surface area contributed by atoms with Crippen molar-refractivity contribution in [3.8, 4) is 0 Å². The normalized spacial score (nSPS) is 16.7. The van der Waals surface area contributed by atoms with E-state index in [1.165, 1.54) is 12.0 Å². The summed E-state index contributed by atoms with van der Waals surface area (Å²) >= 11 is 3.12. The molecule has 1 heterocycles. The van der Waals surface area contributed by atoms with Gasteiger partial charge in [-0.3, -0.25) is 14.5 Å². The lowest BCUT2D eigenvalue weighted by Crippen LogP contribution is -2.29. The van der Waals surface area contributed by atoms with Crippen molar-refractivity contribution in [1.29, 1.82) is 0 Å². The van der Waals surface area contributed by atoms with Crippen LogP contribution in [-0.2, 0) is 14.3 Å². The number of carbonyl (C=O) groups excluding carboxylic acids is 3. The van der Waals surface area contributed by atoms with E-state index < -0.39 is 17.8 Å². The number of rotatable bonds is 3. The molecule has 1 saturated heterocycles. The molecule has 28 heavy (non-hydrogen) atoms. The van der Waals surface area contributed by atoms with E-state index in [0.29, 0.717) is 11.3 Å². The van der Waals surface area contributed by atoms with Gasteiger partial charge in [-0.25, -0.2) is 4.79 Å². The quantitative estimate of drug-likeness (QED) is 0.358. The summed E-state index contributed by atoms with van der Waals surface area (Å²) < 4.78 is 5.61. The number of esters is 1. The lowest BCUT2D eigenvalue weighted by Gasteiger charge is -2.15. The number of anilines is 1. The van der Waals surface area contributed by atoms with Gasteiger partial charge in [-0.1, -0.05) is 17.7 Å². The summed E-state index contributed by atoms with van der Waals surface area (Å²) in [5, 5.41) is 0.187. The van der Waals surface area contributed by atoms with Gasteiger partial charge in [-0.2, -0.15) is 4.99 Å². The van der Waals surface area contributed by atoms with Crippen LogP contribution in [0.1, 0.15) is 15.9 Å². The summed E-state index contributed by atoms with van der Waals surface area (Å²) in [6, 6.07) is 14.2. The number of amidine groups is 1. The van der Waals surface area contributed by atoms with Gasteiger partial charge in [0.1, 0.15) is 0 Å². The average molecular weight is 506 g/mol. The Labute approximate surface area is 179 Å². The topological polar surface area (TPSA) is 76.0 Å². The Kier molecular flexibility index (Phi) is 6.30. The van der Waals surface area contributed by atoms with Gasteiger partial charge in [0.2, 0.25) is 0 Å². The number of aryl methyl sites for hydroxylation is 1. The fraction of sp³-hybridized carbons (Fsp3) is 0.100. The zero-order valence-electron chi connectivity index (χ0n) is 15.0. The van der Waals surface area contributed by atoms with Crippen molar-refractivity contribution < 1.29 is 19.1 Å². The summed E-state index contributed by atoms with van der Waals surface area (Å²) in [6.07, 6.45) is 1.10. The van der Waals surface area contributed by atoms with Crippen LogP contribution in [0.4, 0.5) is 5.69 Å².